The van der Waals surface area contributed by atoms with Gasteiger partial charge in [0.05, 0.1) is 10.4 Å². The summed E-state index contributed by atoms with van der Waals surface area (Å²) in [7, 11) is 0. The van der Waals surface area contributed by atoms with E-state index < -0.39 is 0 Å². The number of aromatic nitrogens is 2. The van der Waals surface area contributed by atoms with E-state index in [9.17, 15) is 9.59 Å². The zero-order valence-electron chi connectivity index (χ0n) is 16.2. The second-order valence-electron chi connectivity index (χ2n) is 7.18. The first-order valence-corrected chi connectivity index (χ1v) is 10.4. The molecule has 0 saturated heterocycles. The quantitative estimate of drug-likeness (QED) is 0.704. The number of thiazole rings is 1. The molecule has 0 saturated carbocycles. The van der Waals surface area contributed by atoms with E-state index in [2.05, 4.69) is 15.3 Å². The first-order valence-electron chi connectivity index (χ1n) is 9.62. The highest BCUT2D eigenvalue weighted by Gasteiger charge is 2.17. The molecule has 1 amide bonds. The van der Waals surface area contributed by atoms with Crippen LogP contribution >= 0.6 is 11.3 Å². The lowest BCUT2D eigenvalue weighted by molar-refractivity contribution is 0.0946. The fourth-order valence-corrected chi connectivity index (χ4v) is 4.32. The van der Waals surface area contributed by atoms with Gasteiger partial charge in [-0.1, -0.05) is 41.7 Å². The van der Waals surface area contributed by atoms with E-state index in [1.54, 1.807) is 18.5 Å². The Morgan fingerprint density at radius 1 is 1.24 bits per heavy atom. The topological polar surface area (TPSA) is 76.3 Å². The van der Waals surface area contributed by atoms with E-state index in [0.29, 0.717) is 23.2 Å². The standard InChI is InChI=1S/C22H22N4O2S/c1-15-11-16(9-10-23-15)12-24-21(28)18-7-8-20(27)26(14-18)22-25-13-19(29-22)17-5-3-2-4-6-17/h2-8,13-14,16H,9-12H2,1H3,(H,24,28). The Bertz CT molecular complexity index is 1100. The van der Waals surface area contributed by atoms with Crippen molar-refractivity contribution < 1.29 is 4.79 Å². The number of rotatable bonds is 5. The molecule has 1 N–H and O–H groups in total. The van der Waals surface area contributed by atoms with Gasteiger partial charge in [-0.3, -0.25) is 19.1 Å². The molecule has 1 aliphatic rings. The Balaban J connectivity index is 1.51. The summed E-state index contributed by atoms with van der Waals surface area (Å²) >= 11 is 1.42. The van der Waals surface area contributed by atoms with E-state index in [4.69, 9.17) is 0 Å². The van der Waals surface area contributed by atoms with E-state index in [0.717, 1.165) is 35.5 Å². The van der Waals surface area contributed by atoms with Crippen LogP contribution < -0.4 is 10.9 Å². The summed E-state index contributed by atoms with van der Waals surface area (Å²) < 4.78 is 1.43. The molecule has 29 heavy (non-hydrogen) atoms. The van der Waals surface area contributed by atoms with Gasteiger partial charge in [0.2, 0.25) is 0 Å². The van der Waals surface area contributed by atoms with Crippen LogP contribution in [0.3, 0.4) is 0 Å². The molecule has 0 bridgehead atoms. The Hall–Kier alpha value is -3.06. The molecular formula is C22H22N4O2S. The first kappa shape index (κ1) is 19.3. The molecule has 148 valence electrons. The molecule has 1 atom stereocenters. The first-order chi connectivity index (χ1) is 14.1. The largest absolute Gasteiger partial charge is 0.352 e. The molecule has 3 aromatic rings. The number of amides is 1. The van der Waals surface area contributed by atoms with Crippen LogP contribution in [0.4, 0.5) is 0 Å². The van der Waals surface area contributed by atoms with Crippen LogP contribution in [0, 0.1) is 5.92 Å². The molecule has 2 aromatic heterocycles. The summed E-state index contributed by atoms with van der Waals surface area (Å²) in [4.78, 5) is 34.7. The van der Waals surface area contributed by atoms with E-state index in [1.807, 2.05) is 37.3 Å². The van der Waals surface area contributed by atoms with Gasteiger partial charge in [0, 0.05) is 37.3 Å². The van der Waals surface area contributed by atoms with Crippen molar-refractivity contribution in [2.24, 2.45) is 10.9 Å². The van der Waals surface area contributed by atoms with Crippen molar-refractivity contribution in [2.75, 3.05) is 13.1 Å². The smallest absolute Gasteiger partial charge is 0.256 e. The second-order valence-corrected chi connectivity index (χ2v) is 8.19. The van der Waals surface area contributed by atoms with Gasteiger partial charge >= 0.3 is 0 Å². The van der Waals surface area contributed by atoms with Crippen LogP contribution in [-0.2, 0) is 0 Å². The third-order valence-electron chi connectivity index (χ3n) is 4.99. The van der Waals surface area contributed by atoms with Gasteiger partial charge in [-0.05, 0) is 37.3 Å². The number of pyridine rings is 1. The number of nitrogens with zero attached hydrogens (tertiary/aromatic N) is 3. The zero-order chi connectivity index (χ0) is 20.2. The Morgan fingerprint density at radius 3 is 2.86 bits per heavy atom. The average Bonchev–Trinajstić information content (AvgIpc) is 3.23. The maximum atomic E-state index is 12.6. The van der Waals surface area contributed by atoms with Crippen molar-refractivity contribution in [3.8, 4) is 15.6 Å². The Kier molecular flexibility index (Phi) is 5.67. The van der Waals surface area contributed by atoms with Gasteiger partial charge in [-0.25, -0.2) is 4.98 Å². The highest BCUT2D eigenvalue weighted by molar-refractivity contribution is 7.17. The number of aliphatic imine (C=N–C) groups is 1. The second kappa shape index (κ2) is 8.53. The lowest BCUT2D eigenvalue weighted by atomic mass is 9.96. The van der Waals surface area contributed by atoms with E-state index in [1.165, 1.54) is 22.0 Å². The van der Waals surface area contributed by atoms with Gasteiger partial charge in [0.25, 0.3) is 11.5 Å². The van der Waals surface area contributed by atoms with Crippen LogP contribution in [0.1, 0.15) is 30.1 Å². The van der Waals surface area contributed by atoms with Crippen molar-refractivity contribution in [2.45, 2.75) is 19.8 Å². The van der Waals surface area contributed by atoms with Gasteiger partial charge in [0.1, 0.15) is 0 Å². The number of benzene rings is 1. The van der Waals surface area contributed by atoms with Crippen LogP contribution in [0.15, 0.2) is 64.6 Å². The summed E-state index contributed by atoms with van der Waals surface area (Å²) in [6.07, 6.45) is 5.22. The Morgan fingerprint density at radius 2 is 2.07 bits per heavy atom. The van der Waals surface area contributed by atoms with Gasteiger partial charge < -0.3 is 5.32 Å². The lowest BCUT2D eigenvalue weighted by Crippen LogP contribution is -2.32. The van der Waals surface area contributed by atoms with Crippen molar-refractivity contribution in [1.82, 2.24) is 14.9 Å². The number of carbonyl (C=O) groups excluding carboxylic acids is 1. The van der Waals surface area contributed by atoms with Crippen LogP contribution in [-0.4, -0.2) is 34.3 Å². The number of nitrogens with one attached hydrogen (secondary N) is 1. The van der Waals surface area contributed by atoms with Crippen molar-refractivity contribution in [3.05, 3.63) is 70.8 Å². The summed E-state index contributed by atoms with van der Waals surface area (Å²) in [6, 6.07) is 12.9. The summed E-state index contributed by atoms with van der Waals surface area (Å²) in [5, 5.41) is 3.54. The molecular weight excluding hydrogens is 384 g/mol. The maximum absolute atomic E-state index is 12.6. The fraction of sp³-hybridized carbons (Fsp3) is 0.273. The van der Waals surface area contributed by atoms with Crippen molar-refractivity contribution in [3.63, 3.8) is 0 Å². The van der Waals surface area contributed by atoms with Crippen molar-refractivity contribution >= 4 is 23.0 Å². The summed E-state index contributed by atoms with van der Waals surface area (Å²) in [5.41, 5.74) is 2.42. The normalized spacial score (nSPS) is 16.3. The van der Waals surface area contributed by atoms with Gasteiger partial charge in [0.15, 0.2) is 5.13 Å². The van der Waals surface area contributed by atoms with Gasteiger partial charge in [-0.2, -0.15) is 0 Å². The average molecular weight is 407 g/mol. The molecule has 7 heteroatoms. The highest BCUT2D eigenvalue weighted by Crippen LogP contribution is 2.27. The summed E-state index contributed by atoms with van der Waals surface area (Å²) in [6.45, 7) is 3.47. The molecule has 0 radical (unpaired) electrons. The summed E-state index contributed by atoms with van der Waals surface area (Å²) in [5.74, 6) is 0.230. The van der Waals surface area contributed by atoms with Crippen LogP contribution in [0.5, 0.6) is 0 Å². The third-order valence-corrected chi connectivity index (χ3v) is 6.03. The number of carbonyl (C=O) groups is 1. The SMILES string of the molecule is CC1=NCCC(CNC(=O)c2ccc(=O)n(-c3ncc(-c4ccccc4)s3)c2)C1. The van der Waals surface area contributed by atoms with Crippen LogP contribution in [0.25, 0.3) is 15.6 Å². The fourth-order valence-electron chi connectivity index (χ4n) is 3.42. The molecule has 3 heterocycles. The molecule has 1 unspecified atom stereocenters. The minimum absolute atomic E-state index is 0.182. The maximum Gasteiger partial charge on any atom is 0.256 e. The van der Waals surface area contributed by atoms with Crippen LogP contribution in [0.2, 0.25) is 0 Å². The molecule has 0 spiro atoms. The molecule has 0 aliphatic carbocycles. The molecule has 6 nitrogen and oxygen atoms in total. The predicted molar refractivity (Wildman–Crippen MR) is 116 cm³/mol. The predicted octanol–water partition coefficient (Wildman–Crippen LogP) is 3.56. The Labute approximate surface area is 173 Å². The van der Waals surface area contributed by atoms with Crippen molar-refractivity contribution in [1.29, 1.82) is 0 Å². The molecule has 1 aromatic carbocycles. The molecule has 4 rings (SSSR count). The zero-order valence-corrected chi connectivity index (χ0v) is 17.0. The van der Waals surface area contributed by atoms with E-state index >= 15 is 0 Å². The molecule has 0 fully saturated rings. The highest BCUT2D eigenvalue weighted by atomic mass is 32.1. The van der Waals surface area contributed by atoms with E-state index in [-0.39, 0.29) is 11.5 Å². The van der Waals surface area contributed by atoms with Gasteiger partial charge in [-0.15, -0.1) is 0 Å². The monoisotopic (exact) mass is 406 g/mol. The lowest BCUT2D eigenvalue weighted by Gasteiger charge is -2.20. The number of hydrogen-bond donors (Lipinski definition) is 1. The number of hydrogen-bond acceptors (Lipinski definition) is 5. The minimum atomic E-state index is -0.213. The third kappa shape index (κ3) is 4.51. The molecule has 1 aliphatic heterocycles. The minimum Gasteiger partial charge on any atom is -0.352 e.